The number of amides is 4. The molecule has 2 aromatic heterocycles. The summed E-state index contributed by atoms with van der Waals surface area (Å²) in [6.07, 6.45) is 14.9. The molecule has 0 saturated carbocycles. The van der Waals surface area contributed by atoms with Crippen molar-refractivity contribution in [3.63, 3.8) is 0 Å². The predicted octanol–water partition coefficient (Wildman–Crippen LogP) is 16.6. The fourth-order valence-electron chi connectivity index (χ4n) is 14.1. The SMILES string of the molecule is Cc1ncsc1-c1ccc([C@H](C)NC(=O)[C@@H]2C[C@@H](O)CN2C(=O)[C@@H](CC(=O)CCCCCCCCCN)C(C)(C)C)cc1.Cc1ncsc1-c1ccc([C@H](C)NC(=O)[C@@H]2C[C@@H](O)CN2C(=O)[C@@H](CC(=O)CCCCCCCCCNCCCOCC(=O)c2ccc(F)c(F)c2Nc2ccc(I)cc2F)C(C)(C)C)cc1. The van der Waals surface area contributed by atoms with Crippen molar-refractivity contribution < 1.29 is 61.7 Å². The fraction of sp³-hybridized carbons (Fsp3) is 0.565. The highest BCUT2D eigenvalue weighted by molar-refractivity contribution is 14.1. The van der Waals surface area contributed by atoms with Gasteiger partial charge in [0, 0.05) is 79.2 Å². The minimum Gasteiger partial charge on any atom is -0.391 e. The molecule has 19 nitrogen and oxygen atoms in total. The number of anilines is 2. The van der Waals surface area contributed by atoms with Gasteiger partial charge in [-0.15, -0.1) is 22.7 Å². The van der Waals surface area contributed by atoms with E-state index in [-0.39, 0.29) is 104 Å². The highest BCUT2D eigenvalue weighted by atomic mass is 127. The number of hydrogen-bond donors (Lipinski definition) is 7. The van der Waals surface area contributed by atoms with E-state index < -0.39 is 75.9 Å². The van der Waals surface area contributed by atoms with Crippen LogP contribution in [0, 0.1) is 57.5 Å². The molecule has 25 heteroatoms. The van der Waals surface area contributed by atoms with Crippen LogP contribution in [0.1, 0.15) is 235 Å². The summed E-state index contributed by atoms with van der Waals surface area (Å²) >= 11 is 5.11. The molecule has 8 rings (SSSR count). The number of ketones is 3. The molecule has 2 aliphatic rings. The second kappa shape index (κ2) is 44.6. The Hall–Kier alpha value is -6.85. The standard InChI is InChI=1S/C51H65F3IN5O6S.C34H52N4O4S/c1-32(34-15-17-35(18-16-34)48-33(2)57-31-67-48)58-49(64)44-28-38(62)29-60(44)50(65)40(51(3,4)5)27-37(61)14-11-9-7-6-8-10-12-23-56-24-13-25-66-30-45(63)39-20-21-41(52)46(54)47(39)59-43-22-19-36(55)26-42(43)53;1-23(25-14-16-26(17-15-25)31-24(2)36-22-43-31)37-32(41)30-20-28(40)21-38(30)33(42)29(34(3,4)5)19-27(39)13-11-9-7-6-8-10-12-18-35/h15-22,26,31-32,38,40,44,56,59,62H,6-14,23-25,27-30H2,1-5H3,(H,58,64);14-17,22-23,28-30,40H,6-13,18-21,35H2,1-5H3,(H,37,41)/t32-,38+,40+,44-;23-,28+,29+,30-/m00/s1. The summed E-state index contributed by atoms with van der Waals surface area (Å²) in [6.45, 7) is 21.9. The van der Waals surface area contributed by atoms with Gasteiger partial charge >= 0.3 is 0 Å². The summed E-state index contributed by atoms with van der Waals surface area (Å²) in [4.78, 5) is 108. The summed E-state index contributed by atoms with van der Waals surface area (Å²) in [5.74, 6) is -5.83. The zero-order valence-corrected chi connectivity index (χ0v) is 69.7. The number of benzene rings is 4. The first-order chi connectivity index (χ1) is 52.4. The Morgan fingerprint density at radius 2 is 1.03 bits per heavy atom. The van der Waals surface area contributed by atoms with Gasteiger partial charge in [0.25, 0.3) is 0 Å². The predicted molar refractivity (Wildman–Crippen MR) is 439 cm³/mol. The van der Waals surface area contributed by atoms with E-state index in [1.807, 2.05) is 151 Å². The van der Waals surface area contributed by atoms with E-state index in [1.54, 1.807) is 28.7 Å². The van der Waals surface area contributed by atoms with Crippen molar-refractivity contribution in [2.24, 2.45) is 28.4 Å². The fourth-order valence-corrected chi connectivity index (χ4v) is 16.2. The molecule has 6 aromatic rings. The van der Waals surface area contributed by atoms with E-state index >= 15 is 0 Å². The Labute approximate surface area is 670 Å². The van der Waals surface area contributed by atoms with Crippen LogP contribution in [0.25, 0.3) is 20.9 Å². The summed E-state index contributed by atoms with van der Waals surface area (Å²) < 4.78 is 49.3. The molecular formula is C85H117F3IN9O10S2. The van der Waals surface area contributed by atoms with Gasteiger partial charge in [0.1, 0.15) is 36.1 Å². The third-order valence-electron chi connectivity index (χ3n) is 20.8. The number of nitrogens with two attached hydrogens (primary N) is 1. The van der Waals surface area contributed by atoms with E-state index in [2.05, 4.69) is 31.2 Å². The van der Waals surface area contributed by atoms with Crippen LogP contribution in [-0.4, -0.2) is 141 Å². The van der Waals surface area contributed by atoms with E-state index in [9.17, 15) is 56.9 Å². The van der Waals surface area contributed by atoms with Crippen LogP contribution in [0.3, 0.4) is 0 Å². The van der Waals surface area contributed by atoms with Gasteiger partial charge in [0.2, 0.25) is 23.6 Å². The van der Waals surface area contributed by atoms with E-state index in [0.29, 0.717) is 36.0 Å². The number of rotatable bonds is 42. The Balaban J connectivity index is 0.000000337. The quantitative estimate of drug-likeness (QED) is 0.0107. The Kier molecular flexibility index (Phi) is 36.6. The van der Waals surface area contributed by atoms with Gasteiger partial charge in [0.15, 0.2) is 17.4 Å². The number of ether oxygens (including phenoxy) is 1. The molecule has 2 fully saturated rings. The van der Waals surface area contributed by atoms with Gasteiger partial charge in [0.05, 0.1) is 67.8 Å². The minimum atomic E-state index is -1.27. The van der Waals surface area contributed by atoms with E-state index in [0.717, 1.165) is 152 Å². The number of nitrogens with one attached hydrogen (secondary N) is 4. The lowest BCUT2D eigenvalue weighted by Crippen LogP contribution is -2.50. The van der Waals surface area contributed by atoms with Gasteiger partial charge in [-0.1, -0.05) is 154 Å². The molecule has 4 heterocycles. The van der Waals surface area contributed by atoms with Gasteiger partial charge in [-0.3, -0.25) is 33.6 Å². The second-order valence-electron chi connectivity index (χ2n) is 31.7. The molecule has 8 atom stereocenters. The topological polar surface area (TPSA) is 276 Å². The number of unbranched alkanes of at least 4 members (excludes halogenated alkanes) is 12. The first-order valence-corrected chi connectivity index (χ1v) is 42.0. The number of Topliss-reactive ketones (excluding diaryl/α,β-unsaturated/α-hetero) is 3. The summed E-state index contributed by atoms with van der Waals surface area (Å²) in [7, 11) is 0. The van der Waals surface area contributed by atoms with Crippen molar-refractivity contribution >= 4 is 97.6 Å². The molecule has 8 N–H and O–H groups in total. The number of aryl methyl sites for hydroxylation is 2. The number of nitrogens with zero attached hydrogens (tertiary/aromatic N) is 4. The van der Waals surface area contributed by atoms with Crippen LogP contribution in [0.5, 0.6) is 0 Å². The molecule has 0 bridgehead atoms. The molecule has 0 unspecified atom stereocenters. The highest BCUT2D eigenvalue weighted by Crippen LogP contribution is 2.38. The maximum Gasteiger partial charge on any atom is 0.243 e. The van der Waals surface area contributed by atoms with E-state index in [1.165, 1.54) is 28.4 Å². The van der Waals surface area contributed by atoms with Gasteiger partial charge in [-0.25, -0.2) is 23.1 Å². The van der Waals surface area contributed by atoms with Crippen LogP contribution >= 0.6 is 45.3 Å². The van der Waals surface area contributed by atoms with Crippen LogP contribution in [0.4, 0.5) is 24.5 Å². The molecule has 110 heavy (non-hydrogen) atoms. The largest absolute Gasteiger partial charge is 0.391 e. The Morgan fingerprint density at radius 3 is 1.45 bits per heavy atom. The average molecular weight is 1670 g/mol. The zero-order valence-electron chi connectivity index (χ0n) is 65.9. The molecule has 2 aliphatic heterocycles. The van der Waals surface area contributed by atoms with Gasteiger partial charge in [-0.05, 0) is 165 Å². The van der Waals surface area contributed by atoms with Crippen LogP contribution in [-0.2, 0) is 33.5 Å². The van der Waals surface area contributed by atoms with Crippen molar-refractivity contribution in [2.45, 2.75) is 240 Å². The lowest BCUT2D eigenvalue weighted by Gasteiger charge is -2.35. The summed E-state index contributed by atoms with van der Waals surface area (Å²) in [5.41, 5.74) is 13.5. The number of carbonyl (C=O) groups is 7. The number of aliphatic hydroxyl groups is 2. The zero-order chi connectivity index (χ0) is 80.2. The number of aromatic nitrogens is 2. The lowest BCUT2D eigenvalue weighted by atomic mass is 9.76. The highest BCUT2D eigenvalue weighted by Gasteiger charge is 2.46. The van der Waals surface area contributed by atoms with Crippen LogP contribution in [0.2, 0.25) is 0 Å². The normalized spacial score (nSPS) is 16.9. The third-order valence-corrected chi connectivity index (χ3v) is 23.4. The maximum atomic E-state index is 14.7. The molecule has 602 valence electrons. The number of hydrogen-bond acceptors (Lipinski definition) is 17. The summed E-state index contributed by atoms with van der Waals surface area (Å²) in [5, 5.41) is 33.2. The first kappa shape index (κ1) is 90.3. The summed E-state index contributed by atoms with van der Waals surface area (Å²) in [6, 6.07) is 20.1. The molecule has 0 radical (unpaired) electrons. The van der Waals surface area contributed by atoms with Crippen LogP contribution < -0.4 is 27.0 Å². The van der Waals surface area contributed by atoms with Gasteiger partial charge in [-0.2, -0.15) is 0 Å². The molecule has 2 saturated heterocycles. The number of likely N-dealkylation sites (tertiary alicyclic amines) is 2. The number of aliphatic hydroxyl groups excluding tert-OH is 2. The lowest BCUT2D eigenvalue weighted by molar-refractivity contribution is -0.146. The number of halogens is 4. The molecule has 0 spiro atoms. The van der Waals surface area contributed by atoms with Crippen molar-refractivity contribution in [3.05, 3.63) is 139 Å². The third kappa shape index (κ3) is 27.8. The smallest absolute Gasteiger partial charge is 0.243 e. The first-order valence-electron chi connectivity index (χ1n) is 39.2. The average Bonchev–Trinajstić information content (AvgIpc) is 1.13. The van der Waals surface area contributed by atoms with Crippen LogP contribution in [0.15, 0.2) is 89.9 Å². The number of thiazole rings is 2. The van der Waals surface area contributed by atoms with E-state index in [4.69, 9.17) is 10.5 Å². The Bertz CT molecular complexity index is 3960. The molecule has 0 aliphatic carbocycles. The number of carbonyl (C=O) groups excluding carboxylic acids is 7. The van der Waals surface area contributed by atoms with Crippen molar-refractivity contribution in [1.82, 2.24) is 35.7 Å². The van der Waals surface area contributed by atoms with Crippen molar-refractivity contribution in [1.29, 1.82) is 0 Å². The molecule has 4 aromatic carbocycles. The van der Waals surface area contributed by atoms with Crippen molar-refractivity contribution in [3.8, 4) is 20.9 Å². The van der Waals surface area contributed by atoms with Crippen molar-refractivity contribution in [2.75, 3.05) is 51.3 Å². The van der Waals surface area contributed by atoms with Gasteiger partial charge < -0.3 is 51.8 Å². The Morgan fingerprint density at radius 1 is 0.591 bits per heavy atom. The minimum absolute atomic E-state index is 0.0314. The second-order valence-corrected chi connectivity index (χ2v) is 34.7. The molecular weight excluding hydrogens is 1560 g/mol. The monoisotopic (exact) mass is 1670 g/mol. The maximum absolute atomic E-state index is 14.7. The molecule has 4 amide bonds. The number of β-amino-alcohol motifs (C(OH)–C–C–N with tert-alkyl or cyclic N) is 2.